The average Bonchev–Trinajstić information content (AvgIpc) is 2.78. The van der Waals surface area contributed by atoms with Crippen molar-refractivity contribution < 1.29 is 4.42 Å². The van der Waals surface area contributed by atoms with Gasteiger partial charge in [-0.2, -0.15) is 0 Å². The fourth-order valence-electron chi connectivity index (χ4n) is 3.46. The van der Waals surface area contributed by atoms with E-state index in [0.29, 0.717) is 12.6 Å². The van der Waals surface area contributed by atoms with Crippen LogP contribution in [-0.4, -0.2) is 24.0 Å². The summed E-state index contributed by atoms with van der Waals surface area (Å²) in [4.78, 5) is 2.57. The van der Waals surface area contributed by atoms with Crippen molar-refractivity contribution in [2.75, 3.05) is 13.1 Å². The molecule has 3 heteroatoms. The van der Waals surface area contributed by atoms with Crippen LogP contribution in [0.5, 0.6) is 0 Å². The lowest BCUT2D eigenvalue weighted by Crippen LogP contribution is -2.39. The smallest absolute Gasteiger partial charge is 0.134 e. The molecule has 1 fully saturated rings. The molecule has 0 aliphatic carbocycles. The minimum absolute atomic E-state index is 0.270. The number of para-hydroxylation sites is 1. The number of rotatable bonds is 3. The molecule has 20 heavy (non-hydrogen) atoms. The second-order valence-electron chi connectivity index (χ2n) is 5.87. The molecule has 3 rings (SSSR count). The number of nitrogens with zero attached hydrogens (tertiary/aromatic N) is 1. The number of likely N-dealkylation sites (tertiary alicyclic amines) is 1. The van der Waals surface area contributed by atoms with Gasteiger partial charge in [-0.25, -0.2) is 0 Å². The lowest BCUT2D eigenvalue weighted by molar-refractivity contribution is 0.151. The Labute approximate surface area is 120 Å². The van der Waals surface area contributed by atoms with E-state index in [1.165, 1.54) is 36.6 Å². The summed E-state index contributed by atoms with van der Waals surface area (Å²) in [7, 11) is 0. The van der Waals surface area contributed by atoms with Gasteiger partial charge < -0.3 is 10.2 Å². The summed E-state index contributed by atoms with van der Waals surface area (Å²) >= 11 is 0. The third-order valence-electron chi connectivity index (χ3n) is 4.60. The standard InChI is InChI=1S/C17H24N2O/c1-13-7-3-2-6-10-19(13)16(11-18)15-12-20-17-9-5-4-8-14(15)17/h4-5,8-9,12-13,16H,2-3,6-7,10-11,18H2,1H3. The SMILES string of the molecule is CC1CCCCCN1C(CN)c1coc2ccccc12. The van der Waals surface area contributed by atoms with Crippen LogP contribution in [0.15, 0.2) is 34.9 Å². The van der Waals surface area contributed by atoms with Crippen LogP contribution in [0.3, 0.4) is 0 Å². The van der Waals surface area contributed by atoms with Crippen molar-refractivity contribution in [2.45, 2.75) is 44.7 Å². The fourth-order valence-corrected chi connectivity index (χ4v) is 3.46. The van der Waals surface area contributed by atoms with Crippen LogP contribution >= 0.6 is 0 Å². The van der Waals surface area contributed by atoms with E-state index >= 15 is 0 Å². The van der Waals surface area contributed by atoms with Gasteiger partial charge >= 0.3 is 0 Å². The van der Waals surface area contributed by atoms with E-state index in [-0.39, 0.29) is 6.04 Å². The molecule has 2 unspecified atom stereocenters. The lowest BCUT2D eigenvalue weighted by Gasteiger charge is -2.34. The molecule has 2 heterocycles. The molecular formula is C17H24N2O. The van der Waals surface area contributed by atoms with Gasteiger partial charge in [0.05, 0.1) is 12.3 Å². The van der Waals surface area contributed by atoms with E-state index in [9.17, 15) is 0 Å². The van der Waals surface area contributed by atoms with E-state index in [4.69, 9.17) is 10.2 Å². The molecule has 0 spiro atoms. The first-order valence-corrected chi connectivity index (χ1v) is 7.73. The van der Waals surface area contributed by atoms with E-state index in [1.54, 1.807) is 0 Å². The molecule has 1 saturated heterocycles. The zero-order chi connectivity index (χ0) is 13.9. The number of fused-ring (bicyclic) bond motifs is 1. The molecule has 2 aromatic rings. The molecule has 1 aromatic heterocycles. The summed E-state index contributed by atoms with van der Waals surface area (Å²) in [5.74, 6) is 0. The molecule has 2 atom stereocenters. The van der Waals surface area contributed by atoms with Gasteiger partial charge in [-0.05, 0) is 32.4 Å². The Kier molecular flexibility index (Phi) is 4.08. The third kappa shape index (κ3) is 2.48. The lowest BCUT2D eigenvalue weighted by atomic mass is 10.0. The number of furan rings is 1. The summed E-state index contributed by atoms with van der Waals surface area (Å²) in [5.41, 5.74) is 8.32. The molecule has 2 N–H and O–H groups in total. The van der Waals surface area contributed by atoms with Crippen LogP contribution in [0, 0.1) is 0 Å². The Hall–Kier alpha value is -1.32. The number of nitrogens with two attached hydrogens (primary N) is 1. The summed E-state index contributed by atoms with van der Waals surface area (Å²) < 4.78 is 5.71. The van der Waals surface area contributed by atoms with Crippen LogP contribution in [0.2, 0.25) is 0 Å². The van der Waals surface area contributed by atoms with Crippen molar-refractivity contribution in [1.29, 1.82) is 0 Å². The predicted octanol–water partition coefficient (Wildman–Crippen LogP) is 3.70. The van der Waals surface area contributed by atoms with Gasteiger partial charge in [0.15, 0.2) is 0 Å². The zero-order valence-electron chi connectivity index (χ0n) is 12.2. The Morgan fingerprint density at radius 1 is 1.30 bits per heavy atom. The highest BCUT2D eigenvalue weighted by atomic mass is 16.3. The Balaban J connectivity index is 1.96. The Bertz CT molecular complexity index is 563. The minimum atomic E-state index is 0.270. The van der Waals surface area contributed by atoms with Crippen molar-refractivity contribution in [2.24, 2.45) is 5.73 Å². The first-order chi connectivity index (χ1) is 9.81. The molecule has 0 amide bonds. The largest absolute Gasteiger partial charge is 0.464 e. The van der Waals surface area contributed by atoms with E-state index in [2.05, 4.69) is 24.0 Å². The number of hydrogen-bond acceptors (Lipinski definition) is 3. The first kappa shape index (κ1) is 13.7. The van der Waals surface area contributed by atoms with Gasteiger partial charge in [0, 0.05) is 23.5 Å². The maximum atomic E-state index is 6.12. The number of hydrogen-bond donors (Lipinski definition) is 1. The molecule has 1 aliphatic heterocycles. The predicted molar refractivity (Wildman–Crippen MR) is 82.6 cm³/mol. The van der Waals surface area contributed by atoms with Crippen LogP contribution in [0.1, 0.15) is 44.2 Å². The fraction of sp³-hybridized carbons (Fsp3) is 0.529. The summed E-state index contributed by atoms with van der Waals surface area (Å²) in [6.45, 7) is 4.12. The van der Waals surface area contributed by atoms with Crippen molar-refractivity contribution in [3.63, 3.8) is 0 Å². The van der Waals surface area contributed by atoms with Crippen LogP contribution in [-0.2, 0) is 0 Å². The summed E-state index contributed by atoms with van der Waals surface area (Å²) in [5, 5.41) is 1.21. The summed E-state index contributed by atoms with van der Waals surface area (Å²) in [6.07, 6.45) is 7.12. The Morgan fingerprint density at radius 2 is 2.15 bits per heavy atom. The van der Waals surface area contributed by atoms with Crippen LogP contribution in [0.4, 0.5) is 0 Å². The topological polar surface area (TPSA) is 42.4 Å². The molecule has 0 bridgehead atoms. The maximum absolute atomic E-state index is 6.12. The van der Waals surface area contributed by atoms with Crippen LogP contribution < -0.4 is 5.73 Å². The molecule has 3 nitrogen and oxygen atoms in total. The van der Waals surface area contributed by atoms with Gasteiger partial charge in [0.25, 0.3) is 0 Å². The Morgan fingerprint density at radius 3 is 3.00 bits per heavy atom. The van der Waals surface area contributed by atoms with E-state index < -0.39 is 0 Å². The molecule has 1 aromatic carbocycles. The highest BCUT2D eigenvalue weighted by Gasteiger charge is 2.27. The van der Waals surface area contributed by atoms with Crippen molar-refractivity contribution in [1.82, 2.24) is 4.90 Å². The highest BCUT2D eigenvalue weighted by molar-refractivity contribution is 5.81. The van der Waals surface area contributed by atoms with Gasteiger partial charge in [-0.3, -0.25) is 4.90 Å². The normalized spacial score (nSPS) is 22.8. The molecular weight excluding hydrogens is 248 g/mol. The molecule has 0 radical (unpaired) electrons. The van der Waals surface area contributed by atoms with Crippen molar-refractivity contribution in [3.8, 4) is 0 Å². The van der Waals surface area contributed by atoms with Gasteiger partial charge in [0.2, 0.25) is 0 Å². The molecule has 0 saturated carbocycles. The average molecular weight is 272 g/mol. The highest BCUT2D eigenvalue weighted by Crippen LogP contribution is 2.32. The second-order valence-corrected chi connectivity index (χ2v) is 5.87. The monoisotopic (exact) mass is 272 g/mol. The quantitative estimate of drug-likeness (QED) is 0.926. The van der Waals surface area contributed by atoms with Gasteiger partial charge in [-0.15, -0.1) is 0 Å². The first-order valence-electron chi connectivity index (χ1n) is 7.73. The van der Waals surface area contributed by atoms with Gasteiger partial charge in [-0.1, -0.05) is 31.0 Å². The summed E-state index contributed by atoms with van der Waals surface area (Å²) in [6, 6.07) is 9.12. The number of benzene rings is 1. The van der Waals surface area contributed by atoms with E-state index in [0.717, 1.165) is 12.1 Å². The maximum Gasteiger partial charge on any atom is 0.134 e. The second kappa shape index (κ2) is 5.98. The molecule has 1 aliphatic rings. The zero-order valence-corrected chi connectivity index (χ0v) is 12.2. The van der Waals surface area contributed by atoms with Crippen LogP contribution in [0.25, 0.3) is 11.0 Å². The van der Waals surface area contributed by atoms with Crippen molar-refractivity contribution >= 4 is 11.0 Å². The van der Waals surface area contributed by atoms with E-state index in [1.807, 2.05) is 18.4 Å². The minimum Gasteiger partial charge on any atom is -0.464 e. The van der Waals surface area contributed by atoms with Crippen molar-refractivity contribution in [3.05, 3.63) is 36.1 Å². The van der Waals surface area contributed by atoms with Gasteiger partial charge in [0.1, 0.15) is 5.58 Å². The molecule has 108 valence electrons. The third-order valence-corrected chi connectivity index (χ3v) is 4.60.